The van der Waals surface area contributed by atoms with Crippen molar-refractivity contribution in [3.05, 3.63) is 65.7 Å². The molecule has 7 nitrogen and oxygen atoms in total. The molecule has 0 unspecified atom stereocenters. The molecular weight excluding hydrogens is 414 g/mol. The third-order valence-electron chi connectivity index (χ3n) is 5.35. The van der Waals surface area contributed by atoms with E-state index >= 15 is 0 Å². The minimum absolute atomic E-state index is 0.143. The summed E-state index contributed by atoms with van der Waals surface area (Å²) in [5.41, 5.74) is 2.17. The van der Waals surface area contributed by atoms with E-state index in [9.17, 15) is 13.2 Å². The van der Waals surface area contributed by atoms with Gasteiger partial charge in [0.15, 0.2) is 0 Å². The van der Waals surface area contributed by atoms with E-state index in [0.29, 0.717) is 6.54 Å². The molecular formula is C23H31N3O4S. The van der Waals surface area contributed by atoms with Gasteiger partial charge in [-0.15, -0.1) is 0 Å². The van der Waals surface area contributed by atoms with Gasteiger partial charge in [-0.2, -0.15) is 4.72 Å². The van der Waals surface area contributed by atoms with Crippen molar-refractivity contribution in [2.75, 3.05) is 26.3 Å². The maximum atomic E-state index is 12.9. The largest absolute Gasteiger partial charge is 0.379 e. The summed E-state index contributed by atoms with van der Waals surface area (Å²) >= 11 is 0. The van der Waals surface area contributed by atoms with Crippen LogP contribution in [-0.4, -0.2) is 51.6 Å². The molecule has 0 saturated carbocycles. The first-order valence-corrected chi connectivity index (χ1v) is 12.1. The van der Waals surface area contributed by atoms with Crippen molar-refractivity contribution in [2.24, 2.45) is 5.92 Å². The molecule has 0 bridgehead atoms. The Bertz CT molecular complexity index is 958. The normalized spacial score (nSPS) is 16.2. The van der Waals surface area contributed by atoms with Crippen molar-refractivity contribution in [3.63, 3.8) is 0 Å². The van der Waals surface area contributed by atoms with Crippen LogP contribution in [0, 0.1) is 5.92 Å². The lowest BCUT2D eigenvalue weighted by molar-refractivity contribution is -0.123. The molecule has 0 radical (unpaired) electrons. The van der Waals surface area contributed by atoms with Crippen LogP contribution in [0.4, 0.5) is 0 Å². The Balaban J connectivity index is 1.65. The molecule has 3 rings (SSSR count). The van der Waals surface area contributed by atoms with Crippen LogP contribution in [-0.2, 0) is 32.6 Å². The Morgan fingerprint density at radius 1 is 1.00 bits per heavy atom. The summed E-state index contributed by atoms with van der Waals surface area (Å²) in [5, 5.41) is 2.92. The zero-order valence-corrected chi connectivity index (χ0v) is 18.9. The topological polar surface area (TPSA) is 87.7 Å². The van der Waals surface area contributed by atoms with Crippen LogP contribution in [0.25, 0.3) is 0 Å². The first-order chi connectivity index (χ1) is 14.9. The van der Waals surface area contributed by atoms with E-state index in [2.05, 4.69) is 21.0 Å². The molecule has 0 aromatic heterocycles. The highest BCUT2D eigenvalue weighted by molar-refractivity contribution is 7.89. The van der Waals surface area contributed by atoms with Gasteiger partial charge in [0.25, 0.3) is 0 Å². The van der Waals surface area contributed by atoms with E-state index in [1.54, 1.807) is 18.2 Å². The quantitative estimate of drug-likeness (QED) is 0.618. The van der Waals surface area contributed by atoms with E-state index in [-0.39, 0.29) is 16.7 Å². The van der Waals surface area contributed by atoms with Gasteiger partial charge in [-0.25, -0.2) is 8.42 Å². The third kappa shape index (κ3) is 6.61. The molecule has 1 heterocycles. The van der Waals surface area contributed by atoms with Crippen molar-refractivity contribution in [1.82, 2.24) is 14.9 Å². The maximum absolute atomic E-state index is 12.9. The Kier molecular flexibility index (Phi) is 8.20. The average molecular weight is 446 g/mol. The Morgan fingerprint density at radius 3 is 2.26 bits per heavy atom. The van der Waals surface area contributed by atoms with Crippen molar-refractivity contribution in [2.45, 2.75) is 37.9 Å². The molecule has 1 saturated heterocycles. The highest BCUT2D eigenvalue weighted by Crippen LogP contribution is 2.15. The van der Waals surface area contributed by atoms with Crippen molar-refractivity contribution < 1.29 is 17.9 Å². The van der Waals surface area contributed by atoms with Crippen LogP contribution in [0.5, 0.6) is 0 Å². The van der Waals surface area contributed by atoms with E-state index in [1.165, 1.54) is 12.1 Å². The number of carbonyl (C=O) groups excluding carboxylic acids is 1. The number of morpholine rings is 1. The van der Waals surface area contributed by atoms with E-state index in [4.69, 9.17) is 4.74 Å². The first kappa shape index (κ1) is 23.4. The molecule has 2 N–H and O–H groups in total. The molecule has 1 fully saturated rings. The Morgan fingerprint density at radius 2 is 1.61 bits per heavy atom. The summed E-state index contributed by atoms with van der Waals surface area (Å²) in [4.78, 5) is 15.4. The van der Waals surface area contributed by atoms with Gasteiger partial charge in [-0.1, -0.05) is 56.3 Å². The lowest BCUT2D eigenvalue weighted by atomic mass is 10.0. The van der Waals surface area contributed by atoms with Crippen LogP contribution in [0.2, 0.25) is 0 Å². The van der Waals surface area contributed by atoms with E-state index < -0.39 is 16.1 Å². The van der Waals surface area contributed by atoms with E-state index in [1.807, 2.05) is 32.0 Å². The highest BCUT2D eigenvalue weighted by atomic mass is 32.2. The highest BCUT2D eigenvalue weighted by Gasteiger charge is 2.28. The second-order valence-electron chi connectivity index (χ2n) is 8.03. The maximum Gasteiger partial charge on any atom is 0.241 e. The fraction of sp³-hybridized carbons (Fsp3) is 0.435. The molecule has 1 aliphatic rings. The fourth-order valence-corrected chi connectivity index (χ4v) is 4.87. The number of nitrogens with one attached hydrogen (secondary N) is 2. The predicted molar refractivity (Wildman–Crippen MR) is 120 cm³/mol. The van der Waals surface area contributed by atoms with E-state index in [0.717, 1.165) is 44.0 Å². The van der Waals surface area contributed by atoms with Crippen molar-refractivity contribution >= 4 is 15.9 Å². The predicted octanol–water partition coefficient (Wildman–Crippen LogP) is 2.14. The molecule has 0 spiro atoms. The number of carbonyl (C=O) groups is 1. The summed E-state index contributed by atoms with van der Waals surface area (Å²) < 4.78 is 33.4. The van der Waals surface area contributed by atoms with Gasteiger partial charge >= 0.3 is 0 Å². The minimum atomic E-state index is -3.79. The first-order valence-electron chi connectivity index (χ1n) is 10.6. The SMILES string of the molecule is CC(C)[C@H](NS(=O)(=O)c1ccccc1)C(=O)NCc1ccccc1CN1CCOCC1. The van der Waals surface area contributed by atoms with Gasteiger partial charge in [0, 0.05) is 26.2 Å². The van der Waals surface area contributed by atoms with Crippen LogP contribution < -0.4 is 10.0 Å². The number of hydrogen-bond donors (Lipinski definition) is 2. The van der Waals surface area contributed by atoms with Crippen molar-refractivity contribution in [1.29, 1.82) is 0 Å². The molecule has 1 aliphatic heterocycles. The minimum Gasteiger partial charge on any atom is -0.379 e. The van der Waals surface area contributed by atoms with Gasteiger partial charge in [0.05, 0.1) is 18.1 Å². The van der Waals surface area contributed by atoms with Crippen molar-refractivity contribution in [3.8, 4) is 0 Å². The monoisotopic (exact) mass is 445 g/mol. The number of sulfonamides is 1. The summed E-state index contributed by atoms with van der Waals surface area (Å²) in [7, 11) is -3.79. The lowest BCUT2D eigenvalue weighted by Crippen LogP contribution is -2.49. The second-order valence-corrected chi connectivity index (χ2v) is 9.75. The zero-order chi connectivity index (χ0) is 22.3. The number of nitrogens with zero attached hydrogens (tertiary/aromatic N) is 1. The molecule has 2 aromatic rings. The standard InChI is InChI=1S/C23H31N3O4S/c1-18(2)22(25-31(28,29)21-10-4-3-5-11-21)23(27)24-16-19-8-6-7-9-20(19)17-26-12-14-30-15-13-26/h3-11,18,22,25H,12-17H2,1-2H3,(H,24,27)/t22-/m0/s1. The summed E-state index contributed by atoms with van der Waals surface area (Å²) in [6.45, 7) is 8.02. The average Bonchev–Trinajstić information content (AvgIpc) is 2.78. The van der Waals surface area contributed by atoms with Crippen LogP contribution in [0.15, 0.2) is 59.5 Å². The van der Waals surface area contributed by atoms with Crippen LogP contribution in [0.1, 0.15) is 25.0 Å². The summed E-state index contributed by atoms with van der Waals surface area (Å²) in [6, 6.07) is 15.2. The lowest BCUT2D eigenvalue weighted by Gasteiger charge is -2.27. The summed E-state index contributed by atoms with van der Waals surface area (Å²) in [5.74, 6) is -0.544. The Hall–Kier alpha value is -2.26. The van der Waals surface area contributed by atoms with Gasteiger partial charge in [-0.05, 0) is 29.2 Å². The molecule has 0 aliphatic carbocycles. The number of rotatable bonds is 9. The van der Waals surface area contributed by atoms with Gasteiger partial charge in [-0.3, -0.25) is 9.69 Å². The Labute approximate surface area is 184 Å². The molecule has 168 valence electrons. The molecule has 8 heteroatoms. The summed E-state index contributed by atoms with van der Waals surface area (Å²) in [6.07, 6.45) is 0. The smallest absolute Gasteiger partial charge is 0.241 e. The number of benzene rings is 2. The number of ether oxygens (including phenoxy) is 1. The number of amides is 1. The van der Waals surface area contributed by atoms with Gasteiger partial charge in [0.1, 0.15) is 6.04 Å². The van der Waals surface area contributed by atoms with Gasteiger partial charge in [0.2, 0.25) is 15.9 Å². The van der Waals surface area contributed by atoms with Gasteiger partial charge < -0.3 is 10.1 Å². The third-order valence-corrected chi connectivity index (χ3v) is 6.81. The molecule has 1 atom stereocenters. The zero-order valence-electron chi connectivity index (χ0n) is 18.1. The van der Waals surface area contributed by atoms with Crippen LogP contribution in [0.3, 0.4) is 0 Å². The van der Waals surface area contributed by atoms with Crippen LogP contribution >= 0.6 is 0 Å². The fourth-order valence-electron chi connectivity index (χ4n) is 3.50. The molecule has 1 amide bonds. The number of hydrogen-bond acceptors (Lipinski definition) is 5. The second kappa shape index (κ2) is 10.9. The molecule has 31 heavy (non-hydrogen) atoms. The molecule has 2 aromatic carbocycles.